The molecule has 1 atom stereocenters. The lowest BCUT2D eigenvalue weighted by atomic mass is 10.2. The van der Waals surface area contributed by atoms with Crippen LogP contribution in [0.15, 0.2) is 0 Å². The number of hydrogen-bond donors (Lipinski definition) is 1. The van der Waals surface area contributed by atoms with Crippen molar-refractivity contribution in [2.45, 2.75) is 32.6 Å². The molecule has 0 aromatic rings. The molecular weight excluding hydrogens is 311 g/mol. The molecule has 0 bridgehead atoms. The minimum Gasteiger partial charge on any atom is -0.394 e. The van der Waals surface area contributed by atoms with Crippen LogP contribution in [0.2, 0.25) is 0 Å². The largest absolute Gasteiger partial charge is 0.474 e. The Labute approximate surface area is 112 Å². The van der Waals surface area contributed by atoms with Crippen LogP contribution in [0.25, 0.3) is 0 Å². The molecule has 17 heavy (non-hydrogen) atoms. The standard InChI is InChI=1S/C10H22BrO5P/c1-2-3-4-5-8-14-17(13,15-9-6-11)16-10-7-12/h12H,2-10H2,1H3. The third-order valence-electron chi connectivity index (χ3n) is 1.91. The maximum Gasteiger partial charge on any atom is 0.474 e. The topological polar surface area (TPSA) is 65.0 Å². The number of rotatable bonds is 12. The summed E-state index contributed by atoms with van der Waals surface area (Å²) in [5.41, 5.74) is 0. The summed E-state index contributed by atoms with van der Waals surface area (Å²) in [7, 11) is -3.49. The average Bonchev–Trinajstić information content (AvgIpc) is 2.34. The Balaban J connectivity index is 3.87. The first-order chi connectivity index (χ1) is 8.18. The zero-order chi connectivity index (χ0) is 13.0. The first-order valence-corrected chi connectivity index (χ1v) is 8.47. The van der Waals surface area contributed by atoms with Crippen molar-refractivity contribution < 1.29 is 23.2 Å². The highest BCUT2D eigenvalue weighted by Gasteiger charge is 2.25. The lowest BCUT2D eigenvalue weighted by Crippen LogP contribution is -2.06. The molecule has 0 saturated heterocycles. The third kappa shape index (κ3) is 10.2. The van der Waals surface area contributed by atoms with E-state index in [1.807, 2.05) is 0 Å². The Bertz CT molecular complexity index is 203. The molecule has 104 valence electrons. The van der Waals surface area contributed by atoms with Crippen LogP contribution in [0.3, 0.4) is 0 Å². The quantitative estimate of drug-likeness (QED) is 0.338. The first-order valence-electron chi connectivity index (χ1n) is 5.89. The van der Waals surface area contributed by atoms with E-state index in [4.69, 9.17) is 18.7 Å². The molecule has 1 unspecified atom stereocenters. The van der Waals surface area contributed by atoms with E-state index < -0.39 is 7.82 Å². The number of aliphatic hydroxyl groups excluding tert-OH is 1. The fraction of sp³-hybridized carbons (Fsp3) is 1.00. The molecule has 5 nitrogen and oxygen atoms in total. The molecule has 0 rings (SSSR count). The number of aliphatic hydroxyl groups is 1. The van der Waals surface area contributed by atoms with Crippen molar-refractivity contribution in [1.29, 1.82) is 0 Å². The highest BCUT2D eigenvalue weighted by molar-refractivity contribution is 9.09. The van der Waals surface area contributed by atoms with Gasteiger partial charge in [-0.05, 0) is 6.42 Å². The van der Waals surface area contributed by atoms with Crippen LogP contribution in [0.5, 0.6) is 0 Å². The van der Waals surface area contributed by atoms with E-state index in [-0.39, 0.29) is 19.8 Å². The van der Waals surface area contributed by atoms with Crippen LogP contribution in [-0.2, 0) is 18.1 Å². The maximum absolute atomic E-state index is 12.0. The van der Waals surface area contributed by atoms with Gasteiger partial charge >= 0.3 is 7.82 Å². The van der Waals surface area contributed by atoms with Gasteiger partial charge < -0.3 is 5.11 Å². The van der Waals surface area contributed by atoms with Crippen molar-refractivity contribution in [2.24, 2.45) is 0 Å². The van der Waals surface area contributed by atoms with E-state index >= 15 is 0 Å². The van der Waals surface area contributed by atoms with E-state index in [1.54, 1.807) is 0 Å². The highest BCUT2D eigenvalue weighted by atomic mass is 79.9. The predicted octanol–water partition coefficient (Wildman–Crippen LogP) is 3.11. The number of unbranched alkanes of at least 4 members (excludes halogenated alkanes) is 3. The van der Waals surface area contributed by atoms with E-state index in [0.29, 0.717) is 11.9 Å². The van der Waals surface area contributed by atoms with Crippen LogP contribution in [0, 0.1) is 0 Å². The summed E-state index contributed by atoms with van der Waals surface area (Å²) < 4.78 is 27.1. The molecule has 1 N–H and O–H groups in total. The van der Waals surface area contributed by atoms with Crippen LogP contribution in [-0.4, -0.2) is 36.9 Å². The van der Waals surface area contributed by atoms with Gasteiger partial charge in [-0.3, -0.25) is 13.6 Å². The molecule has 0 aromatic heterocycles. The van der Waals surface area contributed by atoms with Gasteiger partial charge in [0.25, 0.3) is 0 Å². The van der Waals surface area contributed by atoms with E-state index in [1.165, 1.54) is 0 Å². The van der Waals surface area contributed by atoms with Gasteiger partial charge in [-0.2, -0.15) is 0 Å². The number of alkyl halides is 1. The van der Waals surface area contributed by atoms with Crippen LogP contribution < -0.4 is 0 Å². The van der Waals surface area contributed by atoms with Gasteiger partial charge in [-0.1, -0.05) is 42.1 Å². The minimum absolute atomic E-state index is 0.0471. The van der Waals surface area contributed by atoms with Crippen molar-refractivity contribution >= 4 is 23.8 Å². The minimum atomic E-state index is -3.49. The molecule has 7 heteroatoms. The molecule has 0 aliphatic heterocycles. The second-order valence-electron chi connectivity index (χ2n) is 3.42. The van der Waals surface area contributed by atoms with Gasteiger partial charge in [0.1, 0.15) is 0 Å². The second-order valence-corrected chi connectivity index (χ2v) is 5.88. The van der Waals surface area contributed by atoms with Gasteiger partial charge in [0, 0.05) is 5.33 Å². The molecule has 0 aliphatic rings. The second kappa shape index (κ2) is 11.6. The Kier molecular flexibility index (Phi) is 12.0. The van der Waals surface area contributed by atoms with E-state index in [0.717, 1.165) is 25.7 Å². The Hall–Kier alpha value is 0.550. The molecule has 0 radical (unpaired) electrons. The molecule has 0 amide bonds. The molecule has 0 spiro atoms. The van der Waals surface area contributed by atoms with Gasteiger partial charge in [-0.25, -0.2) is 4.57 Å². The summed E-state index contributed by atoms with van der Waals surface area (Å²) in [6.45, 7) is 2.47. The Morgan fingerprint density at radius 3 is 2.29 bits per heavy atom. The Morgan fingerprint density at radius 2 is 1.71 bits per heavy atom. The molecule has 0 aliphatic carbocycles. The summed E-state index contributed by atoms with van der Waals surface area (Å²) in [6.07, 6.45) is 4.14. The van der Waals surface area contributed by atoms with Crippen molar-refractivity contribution in [3.63, 3.8) is 0 Å². The highest BCUT2D eigenvalue weighted by Crippen LogP contribution is 2.49. The fourth-order valence-electron chi connectivity index (χ4n) is 1.12. The summed E-state index contributed by atoms with van der Waals surface area (Å²) in [5.74, 6) is 0. The summed E-state index contributed by atoms with van der Waals surface area (Å²) in [4.78, 5) is 0. The molecular formula is C10H22BrO5P. The van der Waals surface area contributed by atoms with Crippen LogP contribution >= 0.6 is 23.8 Å². The van der Waals surface area contributed by atoms with Gasteiger partial charge in [0.2, 0.25) is 0 Å². The summed E-state index contributed by atoms with van der Waals surface area (Å²) in [5, 5.41) is 9.18. The van der Waals surface area contributed by atoms with E-state index in [9.17, 15) is 4.57 Å². The SMILES string of the molecule is CCCCCCOP(=O)(OCCO)OCCBr. The Morgan fingerprint density at radius 1 is 1.06 bits per heavy atom. The average molecular weight is 333 g/mol. The lowest BCUT2D eigenvalue weighted by Gasteiger charge is -2.17. The third-order valence-corrected chi connectivity index (χ3v) is 3.73. The van der Waals surface area contributed by atoms with Crippen LogP contribution in [0.1, 0.15) is 32.6 Å². The lowest BCUT2D eigenvalue weighted by molar-refractivity contribution is 0.0987. The maximum atomic E-state index is 12.0. The number of hydrogen-bond acceptors (Lipinski definition) is 5. The molecule has 0 fully saturated rings. The van der Waals surface area contributed by atoms with Gasteiger partial charge in [-0.15, -0.1) is 0 Å². The zero-order valence-corrected chi connectivity index (χ0v) is 12.7. The first kappa shape index (κ1) is 17.6. The van der Waals surface area contributed by atoms with Crippen LogP contribution in [0.4, 0.5) is 0 Å². The van der Waals surface area contributed by atoms with Crippen molar-refractivity contribution in [3.8, 4) is 0 Å². The van der Waals surface area contributed by atoms with Crippen molar-refractivity contribution in [1.82, 2.24) is 0 Å². The van der Waals surface area contributed by atoms with Gasteiger partial charge in [0.05, 0.1) is 26.4 Å². The summed E-state index contributed by atoms with van der Waals surface area (Å²) >= 11 is 3.17. The monoisotopic (exact) mass is 332 g/mol. The van der Waals surface area contributed by atoms with Crippen molar-refractivity contribution in [3.05, 3.63) is 0 Å². The normalized spacial score (nSPS) is 14.8. The van der Waals surface area contributed by atoms with Gasteiger partial charge in [0.15, 0.2) is 0 Å². The number of phosphoric ester groups is 1. The zero-order valence-electron chi connectivity index (χ0n) is 10.3. The molecule has 0 saturated carbocycles. The molecule has 0 heterocycles. The predicted molar refractivity (Wildman–Crippen MR) is 70.5 cm³/mol. The number of phosphoric acid groups is 1. The molecule has 0 aromatic carbocycles. The smallest absolute Gasteiger partial charge is 0.394 e. The van der Waals surface area contributed by atoms with Crippen molar-refractivity contribution in [2.75, 3.05) is 31.8 Å². The summed E-state index contributed by atoms with van der Waals surface area (Å²) in [6, 6.07) is 0. The van der Waals surface area contributed by atoms with E-state index in [2.05, 4.69) is 22.9 Å². The number of halogens is 1. The fourth-order valence-corrected chi connectivity index (χ4v) is 2.72.